The van der Waals surface area contributed by atoms with Gasteiger partial charge in [-0.25, -0.2) is 9.18 Å². The molecule has 0 bridgehead atoms. The van der Waals surface area contributed by atoms with E-state index < -0.39 is 11.8 Å². The van der Waals surface area contributed by atoms with Crippen LogP contribution in [0.4, 0.5) is 4.39 Å². The first-order chi connectivity index (χ1) is 9.08. The van der Waals surface area contributed by atoms with Crippen molar-refractivity contribution in [2.75, 3.05) is 0 Å². The Morgan fingerprint density at radius 3 is 2.84 bits per heavy atom. The van der Waals surface area contributed by atoms with Gasteiger partial charge < -0.3 is 10.4 Å². The van der Waals surface area contributed by atoms with Crippen molar-refractivity contribution in [2.24, 2.45) is 0 Å². The summed E-state index contributed by atoms with van der Waals surface area (Å²) in [5.41, 5.74) is 1.62. The van der Waals surface area contributed by atoms with E-state index in [9.17, 15) is 9.18 Å². The number of halogens is 1. The van der Waals surface area contributed by atoms with Crippen molar-refractivity contribution in [3.8, 4) is 0 Å². The Kier molecular flexibility index (Phi) is 4.29. The maximum atomic E-state index is 13.5. The van der Waals surface area contributed by atoms with Gasteiger partial charge in [-0.2, -0.15) is 11.3 Å². The average Bonchev–Trinajstić information content (AvgIpc) is 2.89. The number of hydrogen-bond donors (Lipinski definition) is 2. The third-order valence-electron chi connectivity index (χ3n) is 2.92. The molecule has 0 saturated carbocycles. The van der Waals surface area contributed by atoms with Crippen LogP contribution >= 0.6 is 11.3 Å². The minimum absolute atomic E-state index is 0.175. The Balaban J connectivity index is 2.00. The van der Waals surface area contributed by atoms with Gasteiger partial charge in [0.15, 0.2) is 0 Å². The normalized spacial score (nSPS) is 12.3. The third-order valence-corrected chi connectivity index (χ3v) is 3.62. The molecule has 1 atom stereocenters. The second-order valence-electron chi connectivity index (χ2n) is 4.28. The van der Waals surface area contributed by atoms with Gasteiger partial charge in [-0.1, -0.05) is 6.07 Å². The molecule has 5 heteroatoms. The molecule has 0 fully saturated rings. The summed E-state index contributed by atoms with van der Waals surface area (Å²) in [7, 11) is 0. The molecular weight excluding hydrogens is 265 g/mol. The van der Waals surface area contributed by atoms with Crippen molar-refractivity contribution in [3.63, 3.8) is 0 Å². The summed E-state index contributed by atoms with van der Waals surface area (Å²) in [6.07, 6.45) is 0. The standard InChI is InChI=1S/C14H14FNO2S/c1-9(11-4-5-19-8-11)16-7-10-2-3-12(14(17)18)13(15)6-10/h2-6,8-9,16H,7H2,1H3,(H,17,18). The molecule has 0 radical (unpaired) electrons. The Morgan fingerprint density at radius 2 is 2.26 bits per heavy atom. The predicted molar refractivity (Wildman–Crippen MR) is 72.9 cm³/mol. The smallest absolute Gasteiger partial charge is 0.338 e. The van der Waals surface area contributed by atoms with Gasteiger partial charge in [-0.05, 0) is 47.0 Å². The summed E-state index contributed by atoms with van der Waals surface area (Å²) in [6.45, 7) is 2.53. The SMILES string of the molecule is CC(NCc1ccc(C(=O)O)c(F)c1)c1ccsc1. The van der Waals surface area contributed by atoms with Gasteiger partial charge >= 0.3 is 5.97 Å². The van der Waals surface area contributed by atoms with E-state index in [1.165, 1.54) is 17.7 Å². The molecule has 1 heterocycles. The van der Waals surface area contributed by atoms with Crippen molar-refractivity contribution < 1.29 is 14.3 Å². The van der Waals surface area contributed by atoms with Crippen LogP contribution in [0.5, 0.6) is 0 Å². The van der Waals surface area contributed by atoms with Gasteiger partial charge in [0.25, 0.3) is 0 Å². The molecule has 19 heavy (non-hydrogen) atoms. The van der Waals surface area contributed by atoms with Crippen molar-refractivity contribution in [2.45, 2.75) is 19.5 Å². The Hall–Kier alpha value is -1.72. The summed E-state index contributed by atoms with van der Waals surface area (Å²) in [5, 5.41) is 16.1. The van der Waals surface area contributed by atoms with Crippen LogP contribution in [-0.2, 0) is 6.54 Å². The van der Waals surface area contributed by atoms with E-state index in [1.54, 1.807) is 17.4 Å². The number of carboxylic acids is 1. The number of carbonyl (C=O) groups is 1. The molecule has 0 aliphatic rings. The molecule has 2 aromatic rings. The van der Waals surface area contributed by atoms with Gasteiger partial charge in [0, 0.05) is 12.6 Å². The van der Waals surface area contributed by atoms with Crippen molar-refractivity contribution >= 4 is 17.3 Å². The topological polar surface area (TPSA) is 49.3 Å². The van der Waals surface area contributed by atoms with Crippen LogP contribution in [0.1, 0.15) is 34.5 Å². The molecule has 3 nitrogen and oxygen atoms in total. The van der Waals surface area contributed by atoms with Crippen molar-refractivity contribution in [3.05, 3.63) is 57.5 Å². The summed E-state index contributed by atoms with van der Waals surface area (Å²) in [6, 6.07) is 6.39. The molecule has 2 N–H and O–H groups in total. The van der Waals surface area contributed by atoms with E-state index >= 15 is 0 Å². The molecule has 0 aliphatic carbocycles. The number of benzene rings is 1. The zero-order chi connectivity index (χ0) is 13.8. The molecule has 0 amide bonds. The van der Waals surface area contributed by atoms with Crippen LogP contribution in [0.3, 0.4) is 0 Å². The molecular formula is C14H14FNO2S. The zero-order valence-electron chi connectivity index (χ0n) is 10.4. The van der Waals surface area contributed by atoms with Crippen molar-refractivity contribution in [1.29, 1.82) is 0 Å². The first-order valence-electron chi connectivity index (χ1n) is 5.85. The van der Waals surface area contributed by atoms with Gasteiger partial charge in [-0.3, -0.25) is 0 Å². The minimum Gasteiger partial charge on any atom is -0.478 e. The number of carboxylic acid groups (broad SMARTS) is 1. The fourth-order valence-electron chi connectivity index (χ4n) is 1.75. The van der Waals surface area contributed by atoms with Crippen LogP contribution in [0.25, 0.3) is 0 Å². The van der Waals surface area contributed by atoms with Gasteiger partial charge in [0.05, 0.1) is 5.56 Å². The summed E-state index contributed by atoms with van der Waals surface area (Å²) >= 11 is 1.63. The fraction of sp³-hybridized carbons (Fsp3) is 0.214. The lowest BCUT2D eigenvalue weighted by atomic mass is 10.1. The van der Waals surface area contributed by atoms with Gasteiger partial charge in [0.1, 0.15) is 5.82 Å². The third kappa shape index (κ3) is 3.39. The lowest BCUT2D eigenvalue weighted by Crippen LogP contribution is -2.17. The summed E-state index contributed by atoms with van der Waals surface area (Å²) in [5.74, 6) is -1.95. The van der Waals surface area contributed by atoms with Crippen LogP contribution in [0.2, 0.25) is 0 Å². The van der Waals surface area contributed by atoms with Gasteiger partial charge in [0.2, 0.25) is 0 Å². The zero-order valence-corrected chi connectivity index (χ0v) is 11.2. The second-order valence-corrected chi connectivity index (χ2v) is 5.06. The van der Waals surface area contributed by atoms with E-state index in [2.05, 4.69) is 10.7 Å². The first-order valence-corrected chi connectivity index (χ1v) is 6.79. The minimum atomic E-state index is -1.25. The molecule has 0 spiro atoms. The van der Waals surface area contributed by atoms with Crippen LogP contribution in [-0.4, -0.2) is 11.1 Å². The molecule has 1 unspecified atom stereocenters. The highest BCUT2D eigenvalue weighted by atomic mass is 32.1. The van der Waals surface area contributed by atoms with Crippen LogP contribution < -0.4 is 5.32 Å². The summed E-state index contributed by atoms with van der Waals surface area (Å²) < 4.78 is 13.5. The van der Waals surface area contributed by atoms with E-state index in [0.717, 1.165) is 5.56 Å². The maximum absolute atomic E-state index is 13.5. The van der Waals surface area contributed by atoms with Gasteiger partial charge in [-0.15, -0.1) is 0 Å². The highest BCUT2D eigenvalue weighted by Gasteiger charge is 2.11. The molecule has 1 aromatic heterocycles. The largest absolute Gasteiger partial charge is 0.478 e. The second kappa shape index (κ2) is 5.95. The summed E-state index contributed by atoms with van der Waals surface area (Å²) in [4.78, 5) is 10.7. The van der Waals surface area contributed by atoms with E-state index in [-0.39, 0.29) is 11.6 Å². The number of thiophene rings is 1. The molecule has 100 valence electrons. The highest BCUT2D eigenvalue weighted by molar-refractivity contribution is 7.07. The molecule has 1 aromatic carbocycles. The predicted octanol–water partition coefficient (Wildman–Crippen LogP) is 3.44. The molecule has 0 saturated heterocycles. The highest BCUT2D eigenvalue weighted by Crippen LogP contribution is 2.17. The van der Waals surface area contributed by atoms with Crippen LogP contribution in [0.15, 0.2) is 35.0 Å². The average molecular weight is 279 g/mol. The monoisotopic (exact) mass is 279 g/mol. The van der Waals surface area contributed by atoms with E-state index in [1.807, 2.05) is 18.4 Å². The maximum Gasteiger partial charge on any atom is 0.338 e. The fourth-order valence-corrected chi connectivity index (χ4v) is 2.51. The molecule has 0 aliphatic heterocycles. The number of nitrogens with one attached hydrogen (secondary N) is 1. The van der Waals surface area contributed by atoms with E-state index in [4.69, 9.17) is 5.11 Å². The molecule has 2 rings (SSSR count). The van der Waals surface area contributed by atoms with Crippen molar-refractivity contribution in [1.82, 2.24) is 5.32 Å². The first kappa shape index (κ1) is 13.7. The number of aromatic carboxylic acids is 1. The Bertz CT molecular complexity index is 569. The van der Waals surface area contributed by atoms with E-state index in [0.29, 0.717) is 6.54 Å². The van der Waals surface area contributed by atoms with Crippen LogP contribution in [0, 0.1) is 5.82 Å². The number of hydrogen-bond acceptors (Lipinski definition) is 3. The number of rotatable bonds is 5. The Labute approximate surface area is 114 Å². The lowest BCUT2D eigenvalue weighted by Gasteiger charge is -2.12. The Morgan fingerprint density at radius 1 is 1.47 bits per heavy atom. The lowest BCUT2D eigenvalue weighted by molar-refractivity contribution is 0.0692. The quantitative estimate of drug-likeness (QED) is 0.881.